The number of likely N-dealkylation sites (N-methyl/N-ethyl adjacent to an activating group) is 1. The van der Waals surface area contributed by atoms with Crippen molar-refractivity contribution in [1.29, 1.82) is 0 Å². The number of benzene rings is 2. The average Bonchev–Trinajstić information content (AvgIpc) is 3.01. The molecule has 1 fully saturated rings. The number of carbonyl (C=O) groups excluding carboxylic acids is 2. The summed E-state index contributed by atoms with van der Waals surface area (Å²) in [5, 5.41) is 22.3. The van der Waals surface area contributed by atoms with Gasteiger partial charge in [0.2, 0.25) is 5.91 Å². The Morgan fingerprint density at radius 2 is 1.85 bits per heavy atom. The molecule has 13 heteroatoms. The molecule has 0 aliphatic carbocycles. The summed E-state index contributed by atoms with van der Waals surface area (Å²) < 4.78 is 33.8. The quantitative estimate of drug-likeness (QED) is 0.318. The van der Waals surface area contributed by atoms with Crippen LogP contribution in [0.15, 0.2) is 48.8 Å². The Morgan fingerprint density at radius 3 is 2.51 bits per heavy atom. The van der Waals surface area contributed by atoms with E-state index in [-0.39, 0.29) is 68.9 Å². The summed E-state index contributed by atoms with van der Waals surface area (Å²) in [6.07, 6.45) is 1.16. The molecule has 0 radical (unpaired) electrons. The van der Waals surface area contributed by atoms with Crippen molar-refractivity contribution < 1.29 is 28.6 Å². The second-order valence-electron chi connectivity index (χ2n) is 12.3. The maximum atomic E-state index is 17.4. The molecule has 2 amide bonds. The maximum Gasteiger partial charge on any atom is 0.251 e. The minimum Gasteiger partial charge on any atom is -0.508 e. The van der Waals surface area contributed by atoms with Gasteiger partial charge in [0, 0.05) is 43.0 Å². The Balaban J connectivity index is 1.70. The van der Waals surface area contributed by atoms with Crippen LogP contribution in [-0.2, 0) is 9.59 Å². The zero-order valence-corrected chi connectivity index (χ0v) is 27.9. The van der Waals surface area contributed by atoms with Gasteiger partial charge in [-0.1, -0.05) is 43.6 Å². The Labute approximate surface area is 280 Å². The molecule has 0 bridgehead atoms. The van der Waals surface area contributed by atoms with E-state index in [1.165, 1.54) is 27.8 Å². The zero-order chi connectivity index (χ0) is 34.2. The molecule has 2 aromatic carbocycles. The van der Waals surface area contributed by atoms with Gasteiger partial charge in [-0.25, -0.2) is 8.78 Å². The van der Waals surface area contributed by atoms with E-state index >= 15 is 8.78 Å². The molecule has 6 rings (SSSR count). The summed E-state index contributed by atoms with van der Waals surface area (Å²) in [6.45, 7) is 11.1. The van der Waals surface area contributed by atoms with Gasteiger partial charge in [0.1, 0.15) is 17.6 Å². The highest BCUT2D eigenvalue weighted by atomic mass is 35.5. The zero-order valence-electron chi connectivity index (χ0n) is 26.4. The first kappa shape index (κ1) is 32.7. The van der Waals surface area contributed by atoms with E-state index in [1.54, 1.807) is 31.0 Å². The number of hydrogen-bond donors (Lipinski definition) is 2. The lowest BCUT2D eigenvalue weighted by molar-refractivity contribution is -0.142. The summed E-state index contributed by atoms with van der Waals surface area (Å²) in [5.74, 6) is -3.36. The molecule has 2 N–H and O–H groups in total. The van der Waals surface area contributed by atoms with Crippen LogP contribution in [0.5, 0.6) is 5.75 Å². The van der Waals surface area contributed by atoms with Crippen LogP contribution in [0.1, 0.15) is 43.5 Å². The number of piperazine rings is 1. The lowest BCUT2D eigenvalue weighted by Gasteiger charge is -2.54. The van der Waals surface area contributed by atoms with Crippen molar-refractivity contribution in [2.24, 2.45) is 0 Å². The summed E-state index contributed by atoms with van der Waals surface area (Å²) in [4.78, 5) is 37.1. The van der Waals surface area contributed by atoms with E-state index in [1.807, 2.05) is 13.8 Å². The number of fused-ring (bicyclic) bond motifs is 4. The van der Waals surface area contributed by atoms with Crippen LogP contribution in [-0.4, -0.2) is 80.2 Å². The highest BCUT2D eigenvalue weighted by Crippen LogP contribution is 2.53. The summed E-state index contributed by atoms with van der Waals surface area (Å²) in [5.41, 5.74) is 1.09. The van der Waals surface area contributed by atoms with E-state index in [0.29, 0.717) is 16.9 Å². The third-order valence-electron chi connectivity index (χ3n) is 9.11. The third kappa shape index (κ3) is 4.94. The van der Waals surface area contributed by atoms with Crippen LogP contribution >= 0.6 is 23.2 Å². The summed E-state index contributed by atoms with van der Waals surface area (Å²) >= 11 is 12.7. The number of carbonyl (C=O) groups is 2. The molecule has 1 saturated heterocycles. The molecule has 3 aromatic rings. The summed E-state index contributed by atoms with van der Waals surface area (Å²) in [7, 11) is 1.49. The molecule has 3 atom stereocenters. The fourth-order valence-corrected chi connectivity index (χ4v) is 7.33. The summed E-state index contributed by atoms with van der Waals surface area (Å²) in [6, 6.07) is 3.83. The number of rotatable bonds is 4. The lowest BCUT2D eigenvalue weighted by atomic mass is 9.88. The Morgan fingerprint density at radius 1 is 1.15 bits per heavy atom. The molecule has 246 valence electrons. The van der Waals surface area contributed by atoms with Crippen LogP contribution in [0.3, 0.4) is 0 Å². The normalized spacial score (nSPS) is 20.8. The SMILES string of the molecule is C=CC(=O)N1CC2C(=O)N(C)C3=C(c4cc(F)c(-c5cc(O)cc(Cl)c5Cl)c(F)c4N(c4c(C)ccnc4C(C)C)C3O)N2CC1C. The number of aryl methyl sites for hydroxylation is 1. The van der Waals surface area contributed by atoms with Crippen LogP contribution in [0, 0.1) is 18.6 Å². The second-order valence-corrected chi connectivity index (χ2v) is 13.1. The highest BCUT2D eigenvalue weighted by molar-refractivity contribution is 6.43. The van der Waals surface area contributed by atoms with Gasteiger partial charge < -0.3 is 29.8 Å². The van der Waals surface area contributed by atoms with E-state index in [2.05, 4.69) is 11.6 Å². The molecule has 1 aromatic heterocycles. The first-order valence-corrected chi connectivity index (χ1v) is 15.8. The average molecular weight is 685 g/mol. The van der Waals surface area contributed by atoms with Gasteiger partial charge in [0.15, 0.2) is 12.0 Å². The van der Waals surface area contributed by atoms with Crippen LogP contribution in [0.2, 0.25) is 10.0 Å². The number of phenols is 1. The van der Waals surface area contributed by atoms with Gasteiger partial charge in [-0.3, -0.25) is 14.6 Å². The largest absolute Gasteiger partial charge is 0.508 e. The fraction of sp³-hybridized carbons (Fsp3) is 0.324. The number of aromatic hydroxyl groups is 1. The number of aromatic nitrogens is 1. The molecule has 0 spiro atoms. The Hall–Kier alpha value is -4.19. The molecule has 3 aliphatic rings. The maximum absolute atomic E-state index is 17.4. The van der Waals surface area contributed by atoms with Crippen LogP contribution < -0.4 is 4.90 Å². The number of halogens is 4. The minimum absolute atomic E-state index is 0.000768. The van der Waals surface area contributed by atoms with Crippen LogP contribution in [0.4, 0.5) is 20.2 Å². The molecule has 9 nitrogen and oxygen atoms in total. The minimum atomic E-state index is -1.63. The van der Waals surface area contributed by atoms with Gasteiger partial charge in [0.25, 0.3) is 5.91 Å². The van der Waals surface area contributed by atoms with Gasteiger partial charge in [0.05, 0.1) is 50.6 Å². The number of hydrogen-bond acceptors (Lipinski definition) is 7. The van der Waals surface area contributed by atoms with E-state index in [0.717, 1.165) is 18.2 Å². The molecule has 3 aliphatic heterocycles. The number of nitrogens with zero attached hydrogens (tertiary/aromatic N) is 5. The first-order valence-electron chi connectivity index (χ1n) is 15.0. The molecule has 3 unspecified atom stereocenters. The van der Waals surface area contributed by atoms with E-state index in [9.17, 15) is 19.8 Å². The lowest BCUT2D eigenvalue weighted by Crippen LogP contribution is -2.66. The first-order chi connectivity index (χ1) is 22.2. The third-order valence-corrected chi connectivity index (χ3v) is 9.91. The number of amides is 2. The molecular formula is C34H33Cl2F2N5O4. The van der Waals surface area contributed by atoms with Crippen molar-refractivity contribution in [1.82, 2.24) is 19.7 Å². The molecule has 4 heterocycles. The van der Waals surface area contributed by atoms with Gasteiger partial charge in [-0.2, -0.15) is 0 Å². The van der Waals surface area contributed by atoms with Crippen molar-refractivity contribution in [2.45, 2.75) is 51.9 Å². The Kier molecular flexibility index (Phi) is 8.22. The van der Waals surface area contributed by atoms with E-state index < -0.39 is 41.4 Å². The fourth-order valence-electron chi connectivity index (χ4n) is 6.91. The van der Waals surface area contributed by atoms with Crippen molar-refractivity contribution in [3.05, 3.63) is 87.3 Å². The molecule has 0 saturated carbocycles. The number of phenolic OH excluding ortho intramolecular Hbond substituents is 1. The van der Waals surface area contributed by atoms with Gasteiger partial charge in [-0.15, -0.1) is 0 Å². The number of pyridine rings is 1. The Bertz CT molecular complexity index is 1900. The number of anilines is 2. The van der Waals surface area contributed by atoms with Crippen molar-refractivity contribution in [3.8, 4) is 16.9 Å². The van der Waals surface area contributed by atoms with Gasteiger partial charge in [-0.05, 0) is 49.6 Å². The standard InChI is InChI=1S/C34H33Cl2F2N5O4/c1-7-24(45)41-14-23-33(46)40(6)32-31(42(23)13-17(41)5)20-12-22(37)25(19-10-18(44)11-21(35)26(19)36)27(38)30(20)43(34(32)47)29-16(4)8-9-39-28(29)15(2)3/h7-12,15,17,23,34,44,47H,1,13-14H2,2-6H3. The van der Waals surface area contributed by atoms with Gasteiger partial charge >= 0.3 is 0 Å². The second kappa shape index (κ2) is 11.8. The van der Waals surface area contributed by atoms with Crippen molar-refractivity contribution in [2.75, 3.05) is 25.0 Å². The predicted molar refractivity (Wildman–Crippen MR) is 176 cm³/mol. The number of aliphatic hydroxyl groups is 1. The molecule has 47 heavy (non-hydrogen) atoms. The van der Waals surface area contributed by atoms with Crippen LogP contribution in [0.25, 0.3) is 16.8 Å². The molecular weight excluding hydrogens is 651 g/mol. The topological polar surface area (TPSA) is 100 Å². The van der Waals surface area contributed by atoms with Crippen molar-refractivity contribution in [3.63, 3.8) is 0 Å². The highest BCUT2D eigenvalue weighted by Gasteiger charge is 2.51. The predicted octanol–water partition coefficient (Wildman–Crippen LogP) is 6.17. The van der Waals surface area contributed by atoms with E-state index in [4.69, 9.17) is 23.2 Å². The monoisotopic (exact) mass is 683 g/mol. The number of aliphatic hydroxyl groups excluding tert-OH is 1. The van der Waals surface area contributed by atoms with Crippen molar-refractivity contribution >= 4 is 52.1 Å². The smallest absolute Gasteiger partial charge is 0.251 e.